The van der Waals surface area contributed by atoms with Crippen LogP contribution in [0.5, 0.6) is 0 Å². The van der Waals surface area contributed by atoms with Gasteiger partial charge in [0.25, 0.3) is 0 Å². The first-order chi connectivity index (χ1) is 8.51. The van der Waals surface area contributed by atoms with Crippen LogP contribution in [0.15, 0.2) is 0 Å². The Balaban J connectivity index is 2.69. The highest BCUT2D eigenvalue weighted by Gasteiger charge is 2.36. The summed E-state index contributed by atoms with van der Waals surface area (Å²) in [5.74, 6) is 1.34. The van der Waals surface area contributed by atoms with E-state index in [9.17, 15) is 4.79 Å². The van der Waals surface area contributed by atoms with Gasteiger partial charge in [0.15, 0.2) is 0 Å². The van der Waals surface area contributed by atoms with Crippen molar-refractivity contribution in [2.24, 2.45) is 23.5 Å². The molecule has 4 unspecified atom stereocenters. The molecule has 2 N–H and O–H groups in total. The van der Waals surface area contributed by atoms with Crippen molar-refractivity contribution >= 4 is 5.91 Å². The van der Waals surface area contributed by atoms with Gasteiger partial charge in [-0.2, -0.15) is 0 Å². The summed E-state index contributed by atoms with van der Waals surface area (Å²) < 4.78 is 0. The minimum absolute atomic E-state index is 0.0442. The van der Waals surface area contributed by atoms with Crippen molar-refractivity contribution in [1.82, 2.24) is 4.90 Å². The standard InChI is InChI=1S/C15H30N2O/c1-5-11(3)10-17(6-2)15(18)14-12(4)8-7-9-13(14)16/h11-14H,5-10,16H2,1-4H3. The molecule has 3 heteroatoms. The van der Waals surface area contributed by atoms with Gasteiger partial charge in [-0.1, -0.05) is 33.6 Å². The van der Waals surface area contributed by atoms with Crippen molar-refractivity contribution < 1.29 is 4.79 Å². The summed E-state index contributed by atoms with van der Waals surface area (Å²) >= 11 is 0. The van der Waals surface area contributed by atoms with Crippen LogP contribution < -0.4 is 5.73 Å². The molecular formula is C15H30N2O. The van der Waals surface area contributed by atoms with Gasteiger partial charge in [-0.25, -0.2) is 0 Å². The summed E-state index contributed by atoms with van der Waals surface area (Å²) in [6.45, 7) is 10.3. The zero-order chi connectivity index (χ0) is 13.7. The third-order valence-electron chi connectivity index (χ3n) is 4.48. The molecule has 0 aliphatic heterocycles. The molecule has 0 aromatic heterocycles. The van der Waals surface area contributed by atoms with Crippen molar-refractivity contribution in [3.8, 4) is 0 Å². The van der Waals surface area contributed by atoms with Crippen LogP contribution in [-0.2, 0) is 4.79 Å². The molecule has 0 saturated heterocycles. The second kappa shape index (κ2) is 7.13. The van der Waals surface area contributed by atoms with E-state index in [0.29, 0.717) is 11.8 Å². The summed E-state index contributed by atoms with van der Waals surface area (Å²) in [6, 6.07) is 0.0623. The van der Waals surface area contributed by atoms with Gasteiger partial charge >= 0.3 is 0 Å². The molecule has 0 bridgehead atoms. The van der Waals surface area contributed by atoms with Gasteiger partial charge in [-0.15, -0.1) is 0 Å². The molecular weight excluding hydrogens is 224 g/mol. The lowest BCUT2D eigenvalue weighted by molar-refractivity contribution is -0.139. The maximum absolute atomic E-state index is 12.6. The van der Waals surface area contributed by atoms with Crippen molar-refractivity contribution in [2.75, 3.05) is 13.1 Å². The second-order valence-corrected chi connectivity index (χ2v) is 5.99. The summed E-state index contributed by atoms with van der Waals surface area (Å²) in [5.41, 5.74) is 6.18. The molecule has 3 nitrogen and oxygen atoms in total. The van der Waals surface area contributed by atoms with Crippen molar-refractivity contribution in [3.05, 3.63) is 0 Å². The highest BCUT2D eigenvalue weighted by Crippen LogP contribution is 2.30. The van der Waals surface area contributed by atoms with Crippen molar-refractivity contribution in [2.45, 2.75) is 59.4 Å². The first-order valence-corrected chi connectivity index (χ1v) is 7.55. The summed E-state index contributed by atoms with van der Waals surface area (Å²) in [6.07, 6.45) is 4.44. The van der Waals surface area contributed by atoms with E-state index in [4.69, 9.17) is 5.73 Å². The van der Waals surface area contributed by atoms with Gasteiger partial charge in [0.2, 0.25) is 5.91 Å². The van der Waals surface area contributed by atoms with Gasteiger partial charge in [-0.3, -0.25) is 4.79 Å². The van der Waals surface area contributed by atoms with E-state index in [1.165, 1.54) is 6.42 Å². The summed E-state index contributed by atoms with van der Waals surface area (Å²) in [7, 11) is 0. The molecule has 1 rings (SSSR count). The number of amides is 1. The van der Waals surface area contributed by atoms with Gasteiger partial charge < -0.3 is 10.6 Å². The van der Waals surface area contributed by atoms with Gasteiger partial charge in [0.05, 0.1) is 5.92 Å². The minimum atomic E-state index is 0.0442. The van der Waals surface area contributed by atoms with Crippen LogP contribution in [0.25, 0.3) is 0 Å². The van der Waals surface area contributed by atoms with Crippen LogP contribution in [0.2, 0.25) is 0 Å². The number of nitrogens with zero attached hydrogens (tertiary/aromatic N) is 1. The molecule has 0 aromatic carbocycles. The Morgan fingerprint density at radius 1 is 1.39 bits per heavy atom. The van der Waals surface area contributed by atoms with Crippen LogP contribution >= 0.6 is 0 Å². The van der Waals surface area contributed by atoms with E-state index in [1.54, 1.807) is 0 Å². The van der Waals surface area contributed by atoms with Crippen LogP contribution in [-0.4, -0.2) is 29.9 Å². The molecule has 4 atom stereocenters. The fourth-order valence-corrected chi connectivity index (χ4v) is 2.97. The van der Waals surface area contributed by atoms with Crippen LogP contribution in [0.1, 0.15) is 53.4 Å². The predicted molar refractivity (Wildman–Crippen MR) is 76.2 cm³/mol. The Hall–Kier alpha value is -0.570. The lowest BCUT2D eigenvalue weighted by atomic mass is 9.76. The Morgan fingerprint density at radius 3 is 2.56 bits per heavy atom. The van der Waals surface area contributed by atoms with Gasteiger partial charge in [-0.05, 0) is 31.6 Å². The fraction of sp³-hybridized carbons (Fsp3) is 0.933. The average molecular weight is 254 g/mol. The predicted octanol–water partition coefficient (Wildman–Crippen LogP) is 2.64. The smallest absolute Gasteiger partial charge is 0.227 e. The highest BCUT2D eigenvalue weighted by molar-refractivity contribution is 5.80. The zero-order valence-electron chi connectivity index (χ0n) is 12.5. The summed E-state index contributed by atoms with van der Waals surface area (Å²) in [4.78, 5) is 14.7. The first kappa shape index (κ1) is 15.5. The number of hydrogen-bond acceptors (Lipinski definition) is 2. The van der Waals surface area contributed by atoms with Gasteiger partial charge in [0, 0.05) is 19.1 Å². The Kier molecular flexibility index (Phi) is 6.13. The zero-order valence-corrected chi connectivity index (χ0v) is 12.5. The summed E-state index contributed by atoms with van der Waals surface area (Å²) in [5, 5.41) is 0. The largest absolute Gasteiger partial charge is 0.342 e. The maximum atomic E-state index is 12.6. The Labute approximate surface area is 112 Å². The first-order valence-electron chi connectivity index (χ1n) is 7.55. The second-order valence-electron chi connectivity index (χ2n) is 5.99. The van der Waals surface area contributed by atoms with E-state index in [-0.39, 0.29) is 17.9 Å². The van der Waals surface area contributed by atoms with Gasteiger partial charge in [0.1, 0.15) is 0 Å². The third kappa shape index (κ3) is 3.71. The fourth-order valence-electron chi connectivity index (χ4n) is 2.97. The number of rotatable bonds is 5. The molecule has 106 valence electrons. The van der Waals surface area contributed by atoms with Crippen LogP contribution in [0.3, 0.4) is 0 Å². The molecule has 1 amide bonds. The number of nitrogens with two attached hydrogens (primary N) is 1. The average Bonchev–Trinajstić information content (AvgIpc) is 2.35. The Bertz CT molecular complexity index is 257. The number of carbonyl (C=O) groups excluding carboxylic acids is 1. The van der Waals surface area contributed by atoms with E-state index in [0.717, 1.165) is 32.4 Å². The maximum Gasteiger partial charge on any atom is 0.227 e. The molecule has 1 aliphatic carbocycles. The molecule has 1 aliphatic rings. The highest BCUT2D eigenvalue weighted by atomic mass is 16.2. The van der Waals surface area contributed by atoms with Crippen molar-refractivity contribution in [3.63, 3.8) is 0 Å². The lowest BCUT2D eigenvalue weighted by Gasteiger charge is -2.37. The molecule has 0 heterocycles. The number of hydrogen-bond donors (Lipinski definition) is 1. The number of carbonyl (C=O) groups is 1. The van der Waals surface area contributed by atoms with E-state index in [1.807, 2.05) is 4.90 Å². The van der Waals surface area contributed by atoms with Crippen molar-refractivity contribution in [1.29, 1.82) is 0 Å². The van der Waals surface area contributed by atoms with E-state index >= 15 is 0 Å². The monoisotopic (exact) mass is 254 g/mol. The SMILES string of the molecule is CCC(C)CN(CC)C(=O)C1C(C)CCCC1N. The third-order valence-corrected chi connectivity index (χ3v) is 4.48. The molecule has 0 radical (unpaired) electrons. The van der Waals surface area contributed by atoms with E-state index in [2.05, 4.69) is 27.7 Å². The topological polar surface area (TPSA) is 46.3 Å². The molecule has 1 saturated carbocycles. The molecule has 0 spiro atoms. The lowest BCUT2D eigenvalue weighted by Crippen LogP contribution is -2.49. The normalized spacial score (nSPS) is 29.9. The molecule has 1 fully saturated rings. The molecule has 18 heavy (non-hydrogen) atoms. The van der Waals surface area contributed by atoms with Crippen LogP contribution in [0, 0.1) is 17.8 Å². The molecule has 0 aromatic rings. The Morgan fingerprint density at radius 2 is 2.06 bits per heavy atom. The minimum Gasteiger partial charge on any atom is -0.342 e. The quantitative estimate of drug-likeness (QED) is 0.820. The van der Waals surface area contributed by atoms with Crippen LogP contribution in [0.4, 0.5) is 0 Å². The van der Waals surface area contributed by atoms with E-state index < -0.39 is 0 Å².